The smallest absolute Gasteiger partial charge is 0.157 e. The topological polar surface area (TPSA) is 46.3 Å². The van der Waals surface area contributed by atoms with Crippen molar-refractivity contribution < 1.29 is 0 Å². The number of anilines is 1. The minimum absolute atomic E-state index is 0.897. The van der Waals surface area contributed by atoms with Crippen LogP contribution >= 0.6 is 11.3 Å². The summed E-state index contributed by atoms with van der Waals surface area (Å²) in [7, 11) is 2.11. The highest BCUT2D eigenvalue weighted by atomic mass is 32.1. The highest BCUT2D eigenvalue weighted by Gasteiger charge is 2.14. The van der Waals surface area contributed by atoms with Gasteiger partial charge in [-0.1, -0.05) is 0 Å². The molecule has 3 heterocycles. The van der Waals surface area contributed by atoms with Crippen molar-refractivity contribution in [3.8, 4) is 0 Å². The van der Waals surface area contributed by atoms with E-state index in [0.717, 1.165) is 35.8 Å². The first-order valence-electron chi connectivity index (χ1n) is 6.99. The van der Waals surface area contributed by atoms with Crippen molar-refractivity contribution in [3.05, 3.63) is 39.6 Å². The molecule has 0 unspecified atom stereocenters. The van der Waals surface area contributed by atoms with E-state index in [0.29, 0.717) is 0 Å². The number of fused-ring (bicyclic) bond motifs is 1. The van der Waals surface area contributed by atoms with Crippen LogP contribution in [-0.4, -0.2) is 33.2 Å². The van der Waals surface area contributed by atoms with E-state index >= 15 is 0 Å². The van der Waals surface area contributed by atoms with Gasteiger partial charge in [-0.05, 0) is 20.8 Å². The summed E-state index contributed by atoms with van der Waals surface area (Å²) in [4.78, 5) is 12.5. The van der Waals surface area contributed by atoms with Crippen LogP contribution in [0.25, 0.3) is 5.65 Å². The van der Waals surface area contributed by atoms with E-state index in [2.05, 4.69) is 40.9 Å². The minimum atomic E-state index is 0.897. The lowest BCUT2D eigenvalue weighted by Gasteiger charge is -2.22. The number of nitrogens with zero attached hydrogens (tertiary/aromatic N) is 5. The van der Waals surface area contributed by atoms with Gasteiger partial charge in [-0.3, -0.25) is 0 Å². The molecule has 3 aromatic rings. The standard InChI is InChI=1S/C15H19N5S/c1-10-11(2)18-14-5-7-17-20(14)15(10)19(4)8-6-13-12(3)16-9-21-13/h5,7,9H,6,8H2,1-4H3. The maximum atomic E-state index is 4.57. The van der Waals surface area contributed by atoms with Crippen LogP contribution in [0.3, 0.4) is 0 Å². The molecule has 0 saturated carbocycles. The number of thiazole rings is 1. The summed E-state index contributed by atoms with van der Waals surface area (Å²) in [6, 6.07) is 1.94. The Hall–Kier alpha value is -1.95. The Labute approximate surface area is 128 Å². The fraction of sp³-hybridized carbons (Fsp3) is 0.400. The van der Waals surface area contributed by atoms with Crippen LogP contribution in [0.1, 0.15) is 21.8 Å². The molecule has 5 nitrogen and oxygen atoms in total. The molecular weight excluding hydrogens is 282 g/mol. The monoisotopic (exact) mass is 301 g/mol. The Morgan fingerprint density at radius 1 is 1.24 bits per heavy atom. The van der Waals surface area contributed by atoms with Gasteiger partial charge in [0.2, 0.25) is 0 Å². The van der Waals surface area contributed by atoms with E-state index in [9.17, 15) is 0 Å². The van der Waals surface area contributed by atoms with E-state index in [1.54, 1.807) is 17.5 Å². The number of hydrogen-bond donors (Lipinski definition) is 0. The van der Waals surface area contributed by atoms with Gasteiger partial charge in [-0.2, -0.15) is 9.61 Å². The van der Waals surface area contributed by atoms with Gasteiger partial charge in [-0.25, -0.2) is 9.97 Å². The zero-order valence-electron chi connectivity index (χ0n) is 12.8. The van der Waals surface area contributed by atoms with E-state index in [-0.39, 0.29) is 0 Å². The van der Waals surface area contributed by atoms with Gasteiger partial charge in [0.15, 0.2) is 5.65 Å². The lowest BCUT2D eigenvalue weighted by atomic mass is 10.2. The molecule has 21 heavy (non-hydrogen) atoms. The second-order valence-corrected chi connectivity index (χ2v) is 6.22. The molecule has 0 N–H and O–H groups in total. The largest absolute Gasteiger partial charge is 0.359 e. The minimum Gasteiger partial charge on any atom is -0.359 e. The van der Waals surface area contributed by atoms with Crippen LogP contribution in [0, 0.1) is 20.8 Å². The maximum Gasteiger partial charge on any atom is 0.157 e. The summed E-state index contributed by atoms with van der Waals surface area (Å²) in [6.07, 6.45) is 2.79. The molecular formula is C15H19N5S. The van der Waals surface area contributed by atoms with Crippen molar-refractivity contribution in [1.82, 2.24) is 19.6 Å². The number of rotatable bonds is 4. The summed E-state index contributed by atoms with van der Waals surface area (Å²) in [5, 5.41) is 4.41. The molecule has 6 heteroatoms. The van der Waals surface area contributed by atoms with Crippen molar-refractivity contribution in [2.24, 2.45) is 0 Å². The van der Waals surface area contributed by atoms with Crippen LogP contribution in [-0.2, 0) is 6.42 Å². The van der Waals surface area contributed by atoms with E-state index in [1.165, 1.54) is 10.4 Å². The highest BCUT2D eigenvalue weighted by Crippen LogP contribution is 2.23. The Morgan fingerprint density at radius 2 is 2.05 bits per heavy atom. The number of aryl methyl sites for hydroxylation is 2. The SMILES string of the molecule is Cc1ncsc1CCN(C)c1c(C)c(C)nc2ccnn12. The van der Waals surface area contributed by atoms with Crippen molar-refractivity contribution in [3.63, 3.8) is 0 Å². The Morgan fingerprint density at radius 3 is 2.76 bits per heavy atom. The summed E-state index contributed by atoms with van der Waals surface area (Å²) in [5.74, 6) is 1.12. The molecule has 0 aliphatic rings. The van der Waals surface area contributed by atoms with Crippen molar-refractivity contribution in [1.29, 1.82) is 0 Å². The van der Waals surface area contributed by atoms with Gasteiger partial charge >= 0.3 is 0 Å². The van der Waals surface area contributed by atoms with Crippen LogP contribution in [0.4, 0.5) is 5.82 Å². The van der Waals surface area contributed by atoms with Crippen molar-refractivity contribution in [2.75, 3.05) is 18.5 Å². The highest BCUT2D eigenvalue weighted by molar-refractivity contribution is 7.09. The molecule has 0 radical (unpaired) electrons. The van der Waals surface area contributed by atoms with E-state index in [1.807, 2.05) is 23.0 Å². The third kappa shape index (κ3) is 2.51. The molecule has 0 fully saturated rings. The number of hydrogen-bond acceptors (Lipinski definition) is 5. The first-order valence-corrected chi connectivity index (χ1v) is 7.87. The summed E-state index contributed by atoms with van der Waals surface area (Å²) in [5.41, 5.74) is 6.18. The van der Waals surface area contributed by atoms with Crippen LogP contribution < -0.4 is 4.90 Å². The van der Waals surface area contributed by atoms with Crippen molar-refractivity contribution >= 4 is 22.8 Å². The molecule has 0 aliphatic heterocycles. The zero-order chi connectivity index (χ0) is 15.0. The summed E-state index contributed by atoms with van der Waals surface area (Å²) >= 11 is 1.73. The van der Waals surface area contributed by atoms with Gasteiger partial charge in [0.25, 0.3) is 0 Å². The van der Waals surface area contributed by atoms with Crippen LogP contribution in [0.5, 0.6) is 0 Å². The second kappa shape index (κ2) is 5.44. The van der Waals surface area contributed by atoms with Gasteiger partial charge in [-0.15, -0.1) is 11.3 Å². The van der Waals surface area contributed by atoms with E-state index in [4.69, 9.17) is 0 Å². The zero-order valence-corrected chi connectivity index (χ0v) is 13.6. The first kappa shape index (κ1) is 14.0. The van der Waals surface area contributed by atoms with Gasteiger partial charge in [0.1, 0.15) is 5.82 Å². The third-order valence-corrected chi connectivity index (χ3v) is 4.86. The summed E-state index contributed by atoms with van der Waals surface area (Å²) in [6.45, 7) is 7.15. The molecule has 110 valence electrons. The molecule has 3 aromatic heterocycles. The van der Waals surface area contributed by atoms with E-state index < -0.39 is 0 Å². The molecule has 0 amide bonds. The quantitative estimate of drug-likeness (QED) is 0.743. The summed E-state index contributed by atoms with van der Waals surface area (Å²) < 4.78 is 1.92. The average molecular weight is 301 g/mol. The van der Waals surface area contributed by atoms with Crippen LogP contribution in [0.2, 0.25) is 0 Å². The normalized spacial score (nSPS) is 11.2. The Kier molecular flexibility index (Phi) is 3.63. The molecule has 0 atom stereocenters. The molecule has 0 spiro atoms. The average Bonchev–Trinajstić information content (AvgIpc) is 3.06. The number of aromatic nitrogens is 4. The lowest BCUT2D eigenvalue weighted by Crippen LogP contribution is -2.24. The third-order valence-electron chi connectivity index (χ3n) is 3.86. The Balaban J connectivity index is 1.90. The van der Waals surface area contributed by atoms with Crippen molar-refractivity contribution in [2.45, 2.75) is 27.2 Å². The predicted molar refractivity (Wildman–Crippen MR) is 86.3 cm³/mol. The molecule has 0 bridgehead atoms. The molecule has 0 aliphatic carbocycles. The second-order valence-electron chi connectivity index (χ2n) is 5.28. The first-order chi connectivity index (χ1) is 10.1. The van der Waals surface area contributed by atoms with Crippen LogP contribution in [0.15, 0.2) is 17.8 Å². The number of likely N-dealkylation sites (N-methyl/N-ethyl adjacent to an activating group) is 1. The maximum absolute atomic E-state index is 4.57. The molecule has 0 aromatic carbocycles. The molecule has 0 saturated heterocycles. The lowest BCUT2D eigenvalue weighted by molar-refractivity contribution is 0.805. The Bertz CT molecular complexity index is 774. The van der Waals surface area contributed by atoms with Gasteiger partial charge < -0.3 is 4.90 Å². The fourth-order valence-corrected chi connectivity index (χ4v) is 3.28. The predicted octanol–water partition coefficient (Wildman–Crippen LogP) is 2.79. The molecule has 3 rings (SSSR count). The van der Waals surface area contributed by atoms with Gasteiger partial charge in [0.05, 0.1) is 17.4 Å². The van der Waals surface area contributed by atoms with Gasteiger partial charge in [0, 0.05) is 42.2 Å². The fourth-order valence-electron chi connectivity index (χ4n) is 2.51.